The van der Waals surface area contributed by atoms with Crippen molar-refractivity contribution in [3.05, 3.63) is 59.1 Å². The van der Waals surface area contributed by atoms with E-state index in [4.69, 9.17) is 21.4 Å². The number of rotatable bonds is 3. The van der Waals surface area contributed by atoms with E-state index in [-0.39, 0.29) is 5.41 Å². The van der Waals surface area contributed by atoms with E-state index < -0.39 is 0 Å². The summed E-state index contributed by atoms with van der Waals surface area (Å²) in [5.41, 5.74) is 1.73. The van der Waals surface area contributed by atoms with Crippen LogP contribution in [0, 0.1) is 16.7 Å². The fourth-order valence-electron chi connectivity index (χ4n) is 4.19. The topological polar surface area (TPSA) is 78.8 Å². The average Bonchev–Trinajstić information content (AvgIpc) is 3.20. The lowest BCUT2D eigenvalue weighted by Gasteiger charge is -2.33. The second kappa shape index (κ2) is 6.61. The Labute approximate surface area is 167 Å². The van der Waals surface area contributed by atoms with Gasteiger partial charge in [0.05, 0.1) is 5.56 Å². The second-order valence-corrected chi connectivity index (χ2v) is 8.03. The molecule has 2 fully saturated rings. The molecule has 7 heteroatoms. The summed E-state index contributed by atoms with van der Waals surface area (Å²) >= 11 is 6.06. The predicted octanol–water partition coefficient (Wildman–Crippen LogP) is 4.43. The van der Waals surface area contributed by atoms with Gasteiger partial charge in [0, 0.05) is 35.8 Å². The molecule has 0 radical (unpaired) electrons. The average molecular weight is 392 g/mol. The van der Waals surface area contributed by atoms with Crippen LogP contribution < -0.4 is 4.90 Å². The van der Waals surface area contributed by atoms with Crippen molar-refractivity contribution in [1.82, 2.24) is 15.1 Å². The number of benzene rings is 1. The molecule has 0 bridgehead atoms. The van der Waals surface area contributed by atoms with Crippen molar-refractivity contribution < 1.29 is 4.52 Å². The fourth-order valence-corrected chi connectivity index (χ4v) is 4.38. The molecule has 140 valence electrons. The number of anilines is 1. The van der Waals surface area contributed by atoms with E-state index in [0.717, 1.165) is 49.6 Å². The highest BCUT2D eigenvalue weighted by Crippen LogP contribution is 2.64. The number of aromatic nitrogens is 3. The molecule has 1 aliphatic heterocycles. The molecule has 6 nitrogen and oxygen atoms in total. The van der Waals surface area contributed by atoms with Gasteiger partial charge < -0.3 is 9.42 Å². The van der Waals surface area contributed by atoms with Crippen LogP contribution in [0.25, 0.3) is 11.4 Å². The monoisotopic (exact) mass is 391 g/mol. The van der Waals surface area contributed by atoms with Crippen LogP contribution in [-0.2, 0) is 0 Å². The fraction of sp³-hybridized carbons (Fsp3) is 0.333. The molecule has 1 aliphatic carbocycles. The molecule has 0 unspecified atom stereocenters. The van der Waals surface area contributed by atoms with E-state index in [1.54, 1.807) is 6.20 Å². The van der Waals surface area contributed by atoms with Gasteiger partial charge in [-0.15, -0.1) is 0 Å². The highest BCUT2D eigenvalue weighted by molar-refractivity contribution is 6.30. The number of halogens is 1. The summed E-state index contributed by atoms with van der Waals surface area (Å²) in [6.45, 7) is 1.90. The van der Waals surface area contributed by atoms with Crippen LogP contribution in [-0.4, -0.2) is 28.2 Å². The maximum absolute atomic E-state index is 8.91. The quantitative estimate of drug-likeness (QED) is 0.657. The first-order valence-corrected chi connectivity index (χ1v) is 9.75. The smallest absolute Gasteiger partial charge is 0.230 e. The minimum atomic E-state index is 0.265. The van der Waals surface area contributed by atoms with E-state index in [0.29, 0.717) is 22.3 Å². The standard InChI is InChI=1S/C21H18ClN5O/c22-16-3-1-2-15(10-16)19-25-20(28-26-19)17-11-21(17)6-8-27(9-7-21)18-5-4-14(12-23)13-24-18/h1-5,10,13,17H,6-9,11H2/t17-/m0/s1. The molecule has 1 spiro atoms. The summed E-state index contributed by atoms with van der Waals surface area (Å²) in [6.07, 6.45) is 4.89. The van der Waals surface area contributed by atoms with Crippen molar-refractivity contribution in [2.45, 2.75) is 25.2 Å². The number of nitriles is 1. The van der Waals surface area contributed by atoms with Gasteiger partial charge in [-0.1, -0.05) is 28.9 Å². The summed E-state index contributed by atoms with van der Waals surface area (Å²) < 4.78 is 5.59. The Bertz CT molecular complexity index is 1050. The predicted molar refractivity (Wildman–Crippen MR) is 105 cm³/mol. The first-order valence-electron chi connectivity index (χ1n) is 9.37. The van der Waals surface area contributed by atoms with Gasteiger partial charge in [0.25, 0.3) is 0 Å². The van der Waals surface area contributed by atoms with Crippen LogP contribution in [0.15, 0.2) is 47.1 Å². The number of hydrogen-bond acceptors (Lipinski definition) is 6. The van der Waals surface area contributed by atoms with Crippen molar-refractivity contribution in [1.29, 1.82) is 5.26 Å². The highest BCUT2D eigenvalue weighted by atomic mass is 35.5. The minimum absolute atomic E-state index is 0.265. The van der Waals surface area contributed by atoms with Gasteiger partial charge in [0.2, 0.25) is 11.7 Å². The second-order valence-electron chi connectivity index (χ2n) is 7.59. The molecular weight excluding hydrogens is 374 g/mol. The van der Waals surface area contributed by atoms with Gasteiger partial charge in [0.1, 0.15) is 11.9 Å². The number of pyridine rings is 1. The zero-order valence-corrected chi connectivity index (χ0v) is 15.9. The number of nitrogens with zero attached hydrogens (tertiary/aromatic N) is 5. The van der Waals surface area contributed by atoms with Gasteiger partial charge in [0.15, 0.2) is 0 Å². The first kappa shape index (κ1) is 17.2. The third kappa shape index (κ3) is 3.02. The van der Waals surface area contributed by atoms with E-state index in [9.17, 15) is 0 Å². The Balaban J connectivity index is 1.26. The Hall–Kier alpha value is -2.91. The molecule has 28 heavy (non-hydrogen) atoms. The van der Waals surface area contributed by atoms with Gasteiger partial charge in [-0.25, -0.2) is 4.98 Å². The molecule has 1 aromatic carbocycles. The van der Waals surface area contributed by atoms with E-state index in [1.807, 2.05) is 36.4 Å². The van der Waals surface area contributed by atoms with Crippen LogP contribution in [0.1, 0.15) is 36.6 Å². The Morgan fingerprint density at radius 2 is 2.07 bits per heavy atom. The maximum Gasteiger partial charge on any atom is 0.230 e. The molecule has 1 atom stereocenters. The minimum Gasteiger partial charge on any atom is -0.357 e. The molecule has 5 rings (SSSR count). The van der Waals surface area contributed by atoms with Crippen LogP contribution in [0.3, 0.4) is 0 Å². The molecule has 1 saturated heterocycles. The third-order valence-electron chi connectivity index (χ3n) is 5.97. The van der Waals surface area contributed by atoms with Crippen LogP contribution in [0.5, 0.6) is 0 Å². The van der Waals surface area contributed by atoms with Crippen molar-refractivity contribution in [3.8, 4) is 17.5 Å². The van der Waals surface area contributed by atoms with Gasteiger partial charge in [-0.3, -0.25) is 0 Å². The third-order valence-corrected chi connectivity index (χ3v) is 6.21. The van der Waals surface area contributed by atoms with Crippen LogP contribution >= 0.6 is 11.6 Å². The lowest BCUT2D eigenvalue weighted by molar-refractivity contribution is 0.326. The largest absolute Gasteiger partial charge is 0.357 e. The van der Waals surface area contributed by atoms with Crippen molar-refractivity contribution in [2.24, 2.45) is 5.41 Å². The SMILES string of the molecule is N#Cc1ccc(N2CCC3(CC2)C[C@H]3c2nc(-c3cccc(Cl)c3)no2)nc1. The molecule has 0 N–H and O–H groups in total. The van der Waals surface area contributed by atoms with Crippen molar-refractivity contribution in [2.75, 3.05) is 18.0 Å². The van der Waals surface area contributed by atoms with Gasteiger partial charge >= 0.3 is 0 Å². The lowest BCUT2D eigenvalue weighted by atomic mass is 9.90. The number of hydrogen-bond donors (Lipinski definition) is 0. The summed E-state index contributed by atoms with van der Waals surface area (Å²) in [7, 11) is 0. The molecular formula is C21H18ClN5O. The first-order chi connectivity index (χ1) is 13.7. The summed E-state index contributed by atoms with van der Waals surface area (Å²) in [5.74, 6) is 2.61. The summed E-state index contributed by atoms with van der Waals surface area (Å²) in [6, 6.07) is 13.4. The molecule has 2 aromatic heterocycles. The molecule has 3 aromatic rings. The number of piperidine rings is 1. The Morgan fingerprint density at radius 1 is 1.21 bits per heavy atom. The van der Waals surface area contributed by atoms with Crippen LogP contribution in [0.4, 0.5) is 5.82 Å². The molecule has 0 amide bonds. The zero-order valence-electron chi connectivity index (χ0n) is 15.2. The summed E-state index contributed by atoms with van der Waals surface area (Å²) in [4.78, 5) is 11.3. The van der Waals surface area contributed by atoms with Gasteiger partial charge in [-0.05, 0) is 48.9 Å². The van der Waals surface area contributed by atoms with Gasteiger partial charge in [-0.2, -0.15) is 10.2 Å². The van der Waals surface area contributed by atoms with Crippen molar-refractivity contribution in [3.63, 3.8) is 0 Å². The van der Waals surface area contributed by atoms with E-state index in [2.05, 4.69) is 26.1 Å². The maximum atomic E-state index is 8.91. The molecule has 2 aliphatic rings. The normalized spacial score (nSPS) is 20.1. The summed E-state index contributed by atoms with van der Waals surface area (Å²) in [5, 5.41) is 13.7. The highest BCUT2D eigenvalue weighted by Gasteiger charge is 2.58. The Morgan fingerprint density at radius 3 is 2.79 bits per heavy atom. The molecule has 1 saturated carbocycles. The van der Waals surface area contributed by atoms with Crippen LogP contribution in [0.2, 0.25) is 5.02 Å². The van der Waals surface area contributed by atoms with E-state index in [1.165, 1.54) is 0 Å². The Kier molecular flexibility index (Phi) is 4.06. The van der Waals surface area contributed by atoms with Crippen molar-refractivity contribution >= 4 is 17.4 Å². The van der Waals surface area contributed by atoms with E-state index >= 15 is 0 Å². The molecule has 3 heterocycles. The zero-order chi connectivity index (χ0) is 19.1. The lowest BCUT2D eigenvalue weighted by Crippen LogP contribution is -2.35.